The molecule has 0 saturated heterocycles. The topological polar surface area (TPSA) is 56.7 Å². The summed E-state index contributed by atoms with van der Waals surface area (Å²) in [6.07, 6.45) is 8.61. The van der Waals surface area contributed by atoms with Crippen molar-refractivity contribution in [1.29, 1.82) is 0 Å². The molecule has 1 saturated carbocycles. The lowest BCUT2D eigenvalue weighted by molar-refractivity contribution is 0.453. The van der Waals surface area contributed by atoms with Crippen molar-refractivity contribution in [2.75, 3.05) is 6.54 Å². The number of aryl methyl sites for hydroxylation is 2. The van der Waals surface area contributed by atoms with Crippen molar-refractivity contribution >= 4 is 0 Å². The Morgan fingerprint density at radius 3 is 2.67 bits per heavy atom. The Hall–Kier alpha value is -0.900. The highest BCUT2D eigenvalue weighted by Crippen LogP contribution is 2.31. The molecule has 0 aromatic carbocycles. The minimum Gasteiger partial charge on any atom is -0.330 e. The number of aromatic nitrogens is 3. The van der Waals surface area contributed by atoms with Crippen molar-refractivity contribution in [2.45, 2.75) is 64.8 Å². The molecule has 1 fully saturated rings. The molecule has 1 atom stereocenters. The molecular formula is C14H26N4. The van der Waals surface area contributed by atoms with Crippen LogP contribution in [-0.2, 0) is 6.42 Å². The molecule has 0 bridgehead atoms. The maximum absolute atomic E-state index is 5.60. The van der Waals surface area contributed by atoms with E-state index in [1.165, 1.54) is 37.9 Å². The van der Waals surface area contributed by atoms with Crippen LogP contribution in [0.5, 0.6) is 0 Å². The van der Waals surface area contributed by atoms with Crippen molar-refractivity contribution in [3.63, 3.8) is 0 Å². The van der Waals surface area contributed by atoms with Gasteiger partial charge in [-0.3, -0.25) is 0 Å². The quantitative estimate of drug-likeness (QED) is 0.844. The normalized spacial score (nSPS) is 18.4. The first-order chi connectivity index (χ1) is 8.72. The van der Waals surface area contributed by atoms with Crippen LogP contribution in [0.1, 0.15) is 63.1 Å². The van der Waals surface area contributed by atoms with E-state index in [2.05, 4.69) is 28.6 Å². The fourth-order valence-corrected chi connectivity index (χ4v) is 3.03. The standard InChI is InChI=1S/C14H26N4/c1-11(9-10-15)7-8-14-17-16-12(2)18(14)13-5-3-4-6-13/h11,13H,3-10,15H2,1-2H3. The van der Waals surface area contributed by atoms with Crippen LogP contribution in [0.25, 0.3) is 0 Å². The van der Waals surface area contributed by atoms with Crippen LogP contribution in [-0.4, -0.2) is 21.3 Å². The lowest BCUT2D eigenvalue weighted by Gasteiger charge is -2.16. The van der Waals surface area contributed by atoms with E-state index in [0.29, 0.717) is 12.0 Å². The number of rotatable bonds is 6. The molecule has 1 aromatic heterocycles. The molecule has 1 aliphatic rings. The molecule has 4 heteroatoms. The molecule has 2 rings (SSSR count). The second kappa shape index (κ2) is 6.32. The molecule has 1 heterocycles. The van der Waals surface area contributed by atoms with Gasteiger partial charge >= 0.3 is 0 Å². The van der Waals surface area contributed by atoms with Gasteiger partial charge in [-0.1, -0.05) is 19.8 Å². The lowest BCUT2D eigenvalue weighted by atomic mass is 10.0. The van der Waals surface area contributed by atoms with Crippen molar-refractivity contribution < 1.29 is 0 Å². The fourth-order valence-electron chi connectivity index (χ4n) is 3.03. The third-order valence-electron chi connectivity index (χ3n) is 4.15. The summed E-state index contributed by atoms with van der Waals surface area (Å²) in [5.74, 6) is 2.95. The zero-order valence-electron chi connectivity index (χ0n) is 11.7. The molecule has 4 nitrogen and oxygen atoms in total. The van der Waals surface area contributed by atoms with E-state index < -0.39 is 0 Å². The summed E-state index contributed by atoms with van der Waals surface area (Å²) in [4.78, 5) is 0. The SMILES string of the molecule is Cc1nnc(CCC(C)CCN)n1C1CCCC1. The first kappa shape index (κ1) is 13.5. The smallest absolute Gasteiger partial charge is 0.133 e. The third-order valence-corrected chi connectivity index (χ3v) is 4.15. The van der Waals surface area contributed by atoms with Gasteiger partial charge in [0.1, 0.15) is 11.6 Å². The Labute approximate surface area is 110 Å². The van der Waals surface area contributed by atoms with Crippen LogP contribution in [0, 0.1) is 12.8 Å². The van der Waals surface area contributed by atoms with Gasteiger partial charge in [-0.15, -0.1) is 10.2 Å². The Morgan fingerprint density at radius 2 is 2.00 bits per heavy atom. The summed E-state index contributed by atoms with van der Waals surface area (Å²) < 4.78 is 2.39. The number of nitrogens with two attached hydrogens (primary N) is 1. The van der Waals surface area contributed by atoms with E-state index in [0.717, 1.165) is 25.2 Å². The van der Waals surface area contributed by atoms with Crippen molar-refractivity contribution in [3.05, 3.63) is 11.6 Å². The molecule has 1 aliphatic carbocycles. The molecule has 18 heavy (non-hydrogen) atoms. The highest BCUT2D eigenvalue weighted by Gasteiger charge is 2.22. The number of nitrogens with zero attached hydrogens (tertiary/aromatic N) is 3. The average Bonchev–Trinajstić information content (AvgIpc) is 2.96. The predicted octanol–water partition coefficient (Wildman–Crippen LogP) is 2.62. The number of hydrogen-bond acceptors (Lipinski definition) is 3. The molecule has 1 aromatic rings. The van der Waals surface area contributed by atoms with Crippen molar-refractivity contribution in [1.82, 2.24) is 14.8 Å². The lowest BCUT2D eigenvalue weighted by Crippen LogP contribution is -2.13. The third kappa shape index (κ3) is 3.10. The summed E-state index contributed by atoms with van der Waals surface area (Å²) in [7, 11) is 0. The summed E-state index contributed by atoms with van der Waals surface area (Å²) in [6.45, 7) is 5.14. The van der Waals surface area contributed by atoms with Crippen LogP contribution in [0.3, 0.4) is 0 Å². The first-order valence-corrected chi connectivity index (χ1v) is 7.32. The van der Waals surface area contributed by atoms with Gasteiger partial charge < -0.3 is 10.3 Å². The molecule has 1 unspecified atom stereocenters. The highest BCUT2D eigenvalue weighted by atomic mass is 15.3. The second-order valence-electron chi connectivity index (χ2n) is 5.69. The van der Waals surface area contributed by atoms with Gasteiger partial charge in [-0.2, -0.15) is 0 Å². The van der Waals surface area contributed by atoms with Crippen molar-refractivity contribution in [2.24, 2.45) is 11.7 Å². The zero-order valence-corrected chi connectivity index (χ0v) is 11.7. The van der Waals surface area contributed by atoms with Gasteiger partial charge in [0.05, 0.1) is 0 Å². The van der Waals surface area contributed by atoms with Crippen LogP contribution in [0.15, 0.2) is 0 Å². The predicted molar refractivity (Wildman–Crippen MR) is 73.4 cm³/mol. The molecular weight excluding hydrogens is 224 g/mol. The maximum Gasteiger partial charge on any atom is 0.133 e. The van der Waals surface area contributed by atoms with Gasteiger partial charge in [0, 0.05) is 12.5 Å². The Morgan fingerprint density at radius 1 is 1.28 bits per heavy atom. The Kier molecular flexibility index (Phi) is 4.75. The van der Waals surface area contributed by atoms with Crippen LogP contribution >= 0.6 is 0 Å². The van der Waals surface area contributed by atoms with Crippen molar-refractivity contribution in [3.8, 4) is 0 Å². The molecule has 0 radical (unpaired) electrons. The van der Waals surface area contributed by atoms with Crippen LogP contribution in [0.4, 0.5) is 0 Å². The van der Waals surface area contributed by atoms with E-state index in [1.807, 2.05) is 0 Å². The minimum absolute atomic E-state index is 0.653. The number of hydrogen-bond donors (Lipinski definition) is 1. The zero-order chi connectivity index (χ0) is 13.0. The van der Waals surface area contributed by atoms with Gasteiger partial charge in [0.15, 0.2) is 0 Å². The van der Waals surface area contributed by atoms with Crippen LogP contribution < -0.4 is 5.73 Å². The van der Waals surface area contributed by atoms with E-state index in [1.54, 1.807) is 0 Å². The molecule has 0 spiro atoms. The average molecular weight is 250 g/mol. The maximum atomic E-state index is 5.60. The molecule has 102 valence electrons. The molecule has 0 amide bonds. The molecule has 2 N–H and O–H groups in total. The fraction of sp³-hybridized carbons (Fsp3) is 0.857. The summed E-state index contributed by atoms with van der Waals surface area (Å²) in [5, 5.41) is 8.65. The van der Waals surface area contributed by atoms with Crippen LogP contribution in [0.2, 0.25) is 0 Å². The summed E-state index contributed by atoms with van der Waals surface area (Å²) in [5.41, 5.74) is 5.60. The highest BCUT2D eigenvalue weighted by molar-refractivity contribution is 4.99. The summed E-state index contributed by atoms with van der Waals surface area (Å²) in [6, 6.07) is 0.653. The van der Waals surface area contributed by atoms with Gasteiger partial charge in [-0.05, 0) is 45.1 Å². The largest absolute Gasteiger partial charge is 0.330 e. The first-order valence-electron chi connectivity index (χ1n) is 7.32. The van der Waals surface area contributed by atoms with E-state index >= 15 is 0 Å². The second-order valence-corrected chi connectivity index (χ2v) is 5.69. The van der Waals surface area contributed by atoms with E-state index in [-0.39, 0.29) is 0 Å². The monoisotopic (exact) mass is 250 g/mol. The van der Waals surface area contributed by atoms with Gasteiger partial charge in [0.25, 0.3) is 0 Å². The van der Waals surface area contributed by atoms with E-state index in [4.69, 9.17) is 5.73 Å². The van der Waals surface area contributed by atoms with E-state index in [9.17, 15) is 0 Å². The minimum atomic E-state index is 0.653. The summed E-state index contributed by atoms with van der Waals surface area (Å²) >= 11 is 0. The Bertz CT molecular complexity index is 366. The Balaban J connectivity index is 1.99. The van der Waals surface area contributed by atoms with Gasteiger partial charge in [-0.25, -0.2) is 0 Å². The molecule has 0 aliphatic heterocycles. The van der Waals surface area contributed by atoms with Gasteiger partial charge in [0.2, 0.25) is 0 Å².